The summed E-state index contributed by atoms with van der Waals surface area (Å²) in [7, 11) is 0. The summed E-state index contributed by atoms with van der Waals surface area (Å²) >= 11 is 0. The van der Waals surface area contributed by atoms with E-state index in [1.54, 1.807) is 0 Å². The van der Waals surface area contributed by atoms with Crippen molar-refractivity contribution in [3.05, 3.63) is 0 Å². The van der Waals surface area contributed by atoms with E-state index in [9.17, 15) is 9.59 Å². The summed E-state index contributed by atoms with van der Waals surface area (Å²) < 4.78 is 0. The first-order chi connectivity index (χ1) is 7.54. The van der Waals surface area contributed by atoms with Crippen LogP contribution in [0.15, 0.2) is 0 Å². The van der Waals surface area contributed by atoms with Crippen molar-refractivity contribution in [3.63, 3.8) is 0 Å². The molecule has 0 aromatic heterocycles. The van der Waals surface area contributed by atoms with Crippen molar-refractivity contribution >= 4 is 11.9 Å². The fourth-order valence-corrected chi connectivity index (χ4v) is 1.81. The molecule has 0 aromatic carbocycles. The molecule has 6 heteroatoms. The van der Waals surface area contributed by atoms with Gasteiger partial charge in [0.25, 0.3) is 0 Å². The largest absolute Gasteiger partial charge is 0.353 e. The van der Waals surface area contributed by atoms with Gasteiger partial charge in [-0.1, -0.05) is 0 Å². The number of nitrogens with one attached hydrogen (secondary N) is 3. The van der Waals surface area contributed by atoms with Crippen LogP contribution in [-0.4, -0.2) is 37.1 Å². The van der Waals surface area contributed by atoms with Crippen molar-refractivity contribution in [2.75, 3.05) is 19.6 Å². The van der Waals surface area contributed by atoms with Crippen molar-refractivity contribution in [1.82, 2.24) is 16.0 Å². The molecular weight excluding hydrogens is 208 g/mol. The van der Waals surface area contributed by atoms with E-state index in [1.807, 2.05) is 6.92 Å². The van der Waals surface area contributed by atoms with E-state index in [0.29, 0.717) is 13.1 Å². The number of rotatable bonds is 4. The third-order valence-electron chi connectivity index (χ3n) is 2.83. The zero-order valence-electron chi connectivity index (χ0n) is 9.64. The van der Waals surface area contributed by atoms with E-state index in [0.717, 1.165) is 25.8 Å². The van der Waals surface area contributed by atoms with Gasteiger partial charge < -0.3 is 21.7 Å². The quantitative estimate of drug-likeness (QED) is 0.479. The summed E-state index contributed by atoms with van der Waals surface area (Å²) in [6.45, 7) is 3.54. The first kappa shape index (κ1) is 12.8. The van der Waals surface area contributed by atoms with E-state index < -0.39 is 11.6 Å². The number of carbonyl (C=O) groups is 2. The Hall–Kier alpha value is -1.30. The molecule has 1 aliphatic rings. The van der Waals surface area contributed by atoms with Crippen molar-refractivity contribution in [2.45, 2.75) is 31.7 Å². The maximum Gasteiger partial charge on any atom is 0.312 e. The molecule has 1 unspecified atom stereocenters. The molecule has 16 heavy (non-hydrogen) atoms. The number of urea groups is 1. The summed E-state index contributed by atoms with van der Waals surface area (Å²) in [6.07, 6.45) is 3.03. The lowest BCUT2D eigenvalue weighted by Gasteiger charge is -2.33. The molecule has 0 bridgehead atoms. The third kappa shape index (κ3) is 3.69. The van der Waals surface area contributed by atoms with Gasteiger partial charge in [0, 0.05) is 13.1 Å². The van der Waals surface area contributed by atoms with Crippen molar-refractivity contribution in [1.29, 1.82) is 0 Å². The molecule has 0 saturated carbocycles. The molecule has 0 radical (unpaired) electrons. The molecule has 1 heterocycles. The zero-order chi connectivity index (χ0) is 12.0. The SMILES string of the molecule is CC1(C(=O)NCCNC(N)=O)CCCCN1. The van der Waals surface area contributed by atoms with Gasteiger partial charge in [0.15, 0.2) is 0 Å². The molecule has 1 aliphatic heterocycles. The van der Waals surface area contributed by atoms with E-state index in [4.69, 9.17) is 5.73 Å². The molecule has 6 nitrogen and oxygen atoms in total. The number of hydrogen-bond donors (Lipinski definition) is 4. The molecule has 1 fully saturated rings. The van der Waals surface area contributed by atoms with Crippen molar-refractivity contribution < 1.29 is 9.59 Å². The summed E-state index contributed by atoms with van der Waals surface area (Å²) in [5.41, 5.74) is 4.44. The average Bonchev–Trinajstić information content (AvgIpc) is 2.25. The minimum absolute atomic E-state index is 0.0153. The Morgan fingerprint density at radius 2 is 2.00 bits per heavy atom. The molecule has 0 spiro atoms. The number of primary amides is 1. The van der Waals surface area contributed by atoms with Crippen LogP contribution in [0.5, 0.6) is 0 Å². The van der Waals surface area contributed by atoms with E-state index in [2.05, 4.69) is 16.0 Å². The molecule has 1 atom stereocenters. The van der Waals surface area contributed by atoms with Crippen LogP contribution in [0.4, 0.5) is 4.79 Å². The number of amides is 3. The maximum absolute atomic E-state index is 11.8. The Kier molecular flexibility index (Phi) is 4.54. The molecule has 1 rings (SSSR count). The van der Waals surface area contributed by atoms with Crippen LogP contribution in [0.25, 0.3) is 0 Å². The second-order valence-corrected chi connectivity index (χ2v) is 4.26. The van der Waals surface area contributed by atoms with Gasteiger partial charge in [0.05, 0.1) is 5.54 Å². The highest BCUT2D eigenvalue weighted by Crippen LogP contribution is 2.18. The minimum atomic E-state index is -0.573. The summed E-state index contributed by atoms with van der Waals surface area (Å²) in [5, 5.41) is 8.42. The van der Waals surface area contributed by atoms with Crippen LogP contribution in [0.1, 0.15) is 26.2 Å². The van der Waals surface area contributed by atoms with Gasteiger partial charge in [-0.25, -0.2) is 4.79 Å². The molecular formula is C10H20N4O2. The Bertz CT molecular complexity index is 262. The predicted molar refractivity (Wildman–Crippen MR) is 60.9 cm³/mol. The van der Waals surface area contributed by atoms with Gasteiger partial charge >= 0.3 is 6.03 Å². The van der Waals surface area contributed by atoms with E-state index in [1.165, 1.54) is 0 Å². The lowest BCUT2D eigenvalue weighted by atomic mass is 9.90. The van der Waals surface area contributed by atoms with Crippen molar-refractivity contribution in [2.24, 2.45) is 5.73 Å². The van der Waals surface area contributed by atoms with Gasteiger partial charge in [-0.05, 0) is 32.7 Å². The van der Waals surface area contributed by atoms with Crippen molar-refractivity contribution in [3.8, 4) is 0 Å². The van der Waals surface area contributed by atoms with E-state index >= 15 is 0 Å². The van der Waals surface area contributed by atoms with Crippen LogP contribution >= 0.6 is 0 Å². The Morgan fingerprint density at radius 1 is 1.31 bits per heavy atom. The highest BCUT2D eigenvalue weighted by Gasteiger charge is 2.33. The summed E-state index contributed by atoms with van der Waals surface area (Å²) in [4.78, 5) is 22.2. The molecule has 3 amide bonds. The lowest BCUT2D eigenvalue weighted by Crippen LogP contribution is -2.57. The summed E-state index contributed by atoms with van der Waals surface area (Å²) in [6, 6.07) is -0.573. The van der Waals surface area contributed by atoms with Crippen LogP contribution in [0, 0.1) is 0 Å². The molecule has 5 N–H and O–H groups in total. The highest BCUT2D eigenvalue weighted by molar-refractivity contribution is 5.86. The number of hydrogen-bond acceptors (Lipinski definition) is 3. The standard InChI is InChI=1S/C10H20N4O2/c1-10(4-2-3-5-14-10)8(15)12-6-7-13-9(11)16/h14H,2-7H2,1H3,(H,12,15)(H3,11,13,16). The van der Waals surface area contributed by atoms with Gasteiger partial charge in [-0.15, -0.1) is 0 Å². The van der Waals surface area contributed by atoms with Crippen LogP contribution < -0.4 is 21.7 Å². The fourth-order valence-electron chi connectivity index (χ4n) is 1.81. The summed E-state index contributed by atoms with van der Waals surface area (Å²) in [5.74, 6) is -0.0153. The second kappa shape index (κ2) is 5.69. The lowest BCUT2D eigenvalue weighted by molar-refractivity contribution is -0.127. The van der Waals surface area contributed by atoms with Crippen LogP contribution in [-0.2, 0) is 4.79 Å². The smallest absolute Gasteiger partial charge is 0.312 e. The molecule has 92 valence electrons. The average molecular weight is 228 g/mol. The third-order valence-corrected chi connectivity index (χ3v) is 2.83. The maximum atomic E-state index is 11.8. The van der Waals surface area contributed by atoms with Gasteiger partial charge in [-0.2, -0.15) is 0 Å². The predicted octanol–water partition coefficient (Wildman–Crippen LogP) is -0.697. The highest BCUT2D eigenvalue weighted by atomic mass is 16.2. The Morgan fingerprint density at radius 3 is 2.56 bits per heavy atom. The minimum Gasteiger partial charge on any atom is -0.353 e. The van der Waals surface area contributed by atoms with Crippen LogP contribution in [0.2, 0.25) is 0 Å². The first-order valence-electron chi connectivity index (χ1n) is 5.61. The number of carbonyl (C=O) groups excluding carboxylic acids is 2. The van der Waals surface area contributed by atoms with E-state index in [-0.39, 0.29) is 5.91 Å². The van der Waals surface area contributed by atoms with Gasteiger partial charge in [0.2, 0.25) is 5.91 Å². The topological polar surface area (TPSA) is 96.2 Å². The van der Waals surface area contributed by atoms with Gasteiger partial charge in [0.1, 0.15) is 0 Å². The zero-order valence-corrected chi connectivity index (χ0v) is 9.64. The normalized spacial score (nSPS) is 24.8. The Labute approximate surface area is 95.3 Å². The van der Waals surface area contributed by atoms with Crippen LogP contribution in [0.3, 0.4) is 0 Å². The number of nitrogens with two attached hydrogens (primary N) is 1. The molecule has 1 saturated heterocycles. The molecule has 0 aromatic rings. The second-order valence-electron chi connectivity index (χ2n) is 4.26. The monoisotopic (exact) mass is 228 g/mol. The number of piperidine rings is 1. The molecule has 0 aliphatic carbocycles. The Balaban J connectivity index is 2.25. The van der Waals surface area contributed by atoms with Gasteiger partial charge in [-0.3, -0.25) is 4.79 Å². The first-order valence-corrected chi connectivity index (χ1v) is 5.61. The fraction of sp³-hybridized carbons (Fsp3) is 0.800.